The van der Waals surface area contributed by atoms with E-state index in [-0.39, 0.29) is 11.2 Å². The third-order valence-electron chi connectivity index (χ3n) is 3.33. The van der Waals surface area contributed by atoms with Crippen molar-refractivity contribution in [2.24, 2.45) is 11.8 Å². The van der Waals surface area contributed by atoms with Gasteiger partial charge in [-0.25, -0.2) is 4.39 Å². The molecule has 2 rings (SSSR count). The number of alkyl halides is 1. The van der Waals surface area contributed by atoms with Gasteiger partial charge >= 0.3 is 0 Å². The Morgan fingerprint density at radius 2 is 2.07 bits per heavy atom. The predicted molar refractivity (Wildman–Crippen MR) is 61.6 cm³/mol. The summed E-state index contributed by atoms with van der Waals surface area (Å²) < 4.78 is 13.1. The average Bonchev–Trinajstić information content (AvgIpc) is 3.03. The van der Waals surface area contributed by atoms with Crippen molar-refractivity contribution in [3.63, 3.8) is 0 Å². The molecule has 2 atom stereocenters. The summed E-state index contributed by atoms with van der Waals surface area (Å²) in [7, 11) is 0. The first kappa shape index (κ1) is 10.9. The normalized spacial score (nSPS) is 20.0. The van der Waals surface area contributed by atoms with Crippen LogP contribution in [0.15, 0.2) is 18.2 Å². The van der Waals surface area contributed by atoms with Crippen LogP contribution in [0.5, 0.6) is 0 Å². The summed E-state index contributed by atoms with van der Waals surface area (Å²) in [6, 6.07) is 5.18. The van der Waals surface area contributed by atoms with Gasteiger partial charge in [0.25, 0.3) is 0 Å². The largest absolute Gasteiger partial charge is 0.207 e. The molecule has 0 N–H and O–H groups in total. The lowest BCUT2D eigenvalue weighted by atomic mass is 9.95. The van der Waals surface area contributed by atoms with Crippen molar-refractivity contribution < 1.29 is 4.39 Å². The molecule has 82 valence electrons. The van der Waals surface area contributed by atoms with E-state index in [2.05, 4.69) is 6.92 Å². The highest BCUT2D eigenvalue weighted by Gasteiger charge is 2.33. The number of aryl methyl sites for hydroxylation is 1. The Labute approximate surface area is 95.4 Å². The Balaban J connectivity index is 2.17. The lowest BCUT2D eigenvalue weighted by Gasteiger charge is -2.18. The highest BCUT2D eigenvalue weighted by Crippen LogP contribution is 2.45. The SMILES string of the molecule is Cc1cc(C(Cl)C(C)C2CC2)ccc1F. The van der Waals surface area contributed by atoms with E-state index in [1.54, 1.807) is 13.0 Å². The molecular formula is C13H16ClF. The van der Waals surface area contributed by atoms with E-state index in [0.29, 0.717) is 11.5 Å². The summed E-state index contributed by atoms with van der Waals surface area (Å²) in [6.07, 6.45) is 2.59. The Bertz CT molecular complexity index is 358. The van der Waals surface area contributed by atoms with Crippen LogP contribution in [-0.2, 0) is 0 Å². The Morgan fingerprint density at radius 3 is 2.60 bits per heavy atom. The number of benzene rings is 1. The smallest absolute Gasteiger partial charge is 0.126 e. The van der Waals surface area contributed by atoms with Gasteiger partial charge in [-0.3, -0.25) is 0 Å². The van der Waals surface area contributed by atoms with E-state index in [9.17, 15) is 4.39 Å². The fourth-order valence-corrected chi connectivity index (χ4v) is 2.35. The predicted octanol–water partition coefficient (Wildman–Crippen LogP) is 4.46. The highest BCUT2D eigenvalue weighted by atomic mass is 35.5. The van der Waals surface area contributed by atoms with E-state index >= 15 is 0 Å². The van der Waals surface area contributed by atoms with Crippen molar-refractivity contribution in [1.29, 1.82) is 0 Å². The third-order valence-corrected chi connectivity index (χ3v) is 3.98. The molecule has 0 aliphatic heterocycles. The van der Waals surface area contributed by atoms with Crippen LogP contribution in [0.25, 0.3) is 0 Å². The fourth-order valence-electron chi connectivity index (χ4n) is 2.00. The van der Waals surface area contributed by atoms with Gasteiger partial charge in [-0.05, 0) is 48.8 Å². The van der Waals surface area contributed by atoms with Gasteiger partial charge in [0.1, 0.15) is 5.82 Å². The lowest BCUT2D eigenvalue weighted by Crippen LogP contribution is -2.06. The molecule has 1 aliphatic carbocycles. The van der Waals surface area contributed by atoms with E-state index in [0.717, 1.165) is 11.5 Å². The molecule has 0 amide bonds. The maximum absolute atomic E-state index is 13.1. The molecule has 0 aromatic heterocycles. The summed E-state index contributed by atoms with van der Waals surface area (Å²) in [5.41, 5.74) is 1.73. The summed E-state index contributed by atoms with van der Waals surface area (Å²) in [6.45, 7) is 3.97. The van der Waals surface area contributed by atoms with Crippen LogP contribution < -0.4 is 0 Å². The van der Waals surface area contributed by atoms with Crippen LogP contribution in [0.3, 0.4) is 0 Å². The molecule has 15 heavy (non-hydrogen) atoms. The molecule has 1 saturated carbocycles. The Hall–Kier alpha value is -0.560. The van der Waals surface area contributed by atoms with Crippen LogP contribution in [0, 0.1) is 24.6 Å². The molecule has 0 saturated heterocycles. The first-order valence-electron chi connectivity index (χ1n) is 5.49. The first-order chi connectivity index (χ1) is 7.09. The fraction of sp³-hybridized carbons (Fsp3) is 0.538. The topological polar surface area (TPSA) is 0 Å². The van der Waals surface area contributed by atoms with Gasteiger partial charge in [0.15, 0.2) is 0 Å². The monoisotopic (exact) mass is 226 g/mol. The molecule has 1 fully saturated rings. The Morgan fingerprint density at radius 1 is 1.40 bits per heavy atom. The molecule has 1 aliphatic rings. The number of hydrogen-bond acceptors (Lipinski definition) is 0. The van der Waals surface area contributed by atoms with Crippen molar-refractivity contribution >= 4 is 11.6 Å². The zero-order valence-corrected chi connectivity index (χ0v) is 9.89. The maximum Gasteiger partial charge on any atom is 0.126 e. The van der Waals surface area contributed by atoms with Crippen LogP contribution in [0.4, 0.5) is 4.39 Å². The maximum atomic E-state index is 13.1. The van der Waals surface area contributed by atoms with Crippen molar-refractivity contribution in [3.8, 4) is 0 Å². The standard InChI is InChI=1S/C13H16ClF/c1-8-7-11(5-6-12(8)15)13(14)9(2)10-3-4-10/h5-7,9-10,13H,3-4H2,1-2H3. The van der Waals surface area contributed by atoms with Gasteiger partial charge in [-0.2, -0.15) is 0 Å². The summed E-state index contributed by atoms with van der Waals surface area (Å²) in [4.78, 5) is 0. The lowest BCUT2D eigenvalue weighted by molar-refractivity contribution is 0.490. The molecule has 0 spiro atoms. The van der Waals surface area contributed by atoms with Gasteiger partial charge in [-0.15, -0.1) is 11.6 Å². The average molecular weight is 227 g/mol. The van der Waals surface area contributed by atoms with Gasteiger partial charge in [-0.1, -0.05) is 19.1 Å². The van der Waals surface area contributed by atoms with Gasteiger partial charge in [0.05, 0.1) is 5.38 Å². The number of halogens is 2. The summed E-state index contributed by atoms with van der Waals surface area (Å²) >= 11 is 6.39. The van der Waals surface area contributed by atoms with E-state index in [1.807, 2.05) is 6.07 Å². The molecule has 0 heterocycles. The van der Waals surface area contributed by atoms with Crippen molar-refractivity contribution in [1.82, 2.24) is 0 Å². The summed E-state index contributed by atoms with van der Waals surface area (Å²) in [5.74, 6) is 1.12. The minimum Gasteiger partial charge on any atom is -0.207 e. The second-order valence-electron chi connectivity index (χ2n) is 4.61. The van der Waals surface area contributed by atoms with Crippen molar-refractivity contribution in [3.05, 3.63) is 35.1 Å². The second kappa shape index (κ2) is 4.13. The van der Waals surface area contributed by atoms with Crippen LogP contribution >= 0.6 is 11.6 Å². The molecule has 0 radical (unpaired) electrons. The summed E-state index contributed by atoms with van der Waals surface area (Å²) in [5, 5.41) is 0.0248. The van der Waals surface area contributed by atoms with Gasteiger partial charge in [0, 0.05) is 0 Å². The molecule has 0 nitrogen and oxygen atoms in total. The number of hydrogen-bond donors (Lipinski definition) is 0. The van der Waals surface area contributed by atoms with Gasteiger partial charge < -0.3 is 0 Å². The molecule has 2 unspecified atom stereocenters. The first-order valence-corrected chi connectivity index (χ1v) is 5.93. The van der Waals surface area contributed by atoms with E-state index in [1.165, 1.54) is 18.9 Å². The van der Waals surface area contributed by atoms with Crippen molar-refractivity contribution in [2.75, 3.05) is 0 Å². The molecule has 0 bridgehead atoms. The third kappa shape index (κ3) is 2.34. The van der Waals surface area contributed by atoms with Crippen molar-refractivity contribution in [2.45, 2.75) is 32.1 Å². The van der Waals surface area contributed by atoms with Gasteiger partial charge in [0.2, 0.25) is 0 Å². The molecule has 1 aromatic rings. The second-order valence-corrected chi connectivity index (χ2v) is 5.08. The minimum atomic E-state index is -0.151. The molecular weight excluding hydrogens is 211 g/mol. The highest BCUT2D eigenvalue weighted by molar-refractivity contribution is 6.21. The zero-order valence-electron chi connectivity index (χ0n) is 9.13. The number of rotatable bonds is 3. The van der Waals surface area contributed by atoms with E-state index in [4.69, 9.17) is 11.6 Å². The van der Waals surface area contributed by atoms with Crippen LogP contribution in [0.2, 0.25) is 0 Å². The van der Waals surface area contributed by atoms with Crippen LogP contribution in [-0.4, -0.2) is 0 Å². The molecule has 1 aromatic carbocycles. The minimum absolute atomic E-state index is 0.0248. The Kier molecular flexibility index (Phi) is 3.01. The quantitative estimate of drug-likeness (QED) is 0.668. The van der Waals surface area contributed by atoms with E-state index < -0.39 is 0 Å². The molecule has 2 heteroatoms. The van der Waals surface area contributed by atoms with Crippen LogP contribution in [0.1, 0.15) is 36.3 Å². The zero-order chi connectivity index (χ0) is 11.0.